The van der Waals surface area contributed by atoms with Crippen molar-refractivity contribution in [3.05, 3.63) is 18.0 Å². The highest BCUT2D eigenvalue weighted by atomic mass is 32.2. The van der Waals surface area contributed by atoms with Crippen LogP contribution in [0.4, 0.5) is 0 Å². The lowest BCUT2D eigenvalue weighted by Crippen LogP contribution is -2.03. The molecule has 0 aromatic carbocycles. The molecule has 1 aliphatic rings. The zero-order valence-electron chi connectivity index (χ0n) is 7.65. The highest BCUT2D eigenvalue weighted by molar-refractivity contribution is 7.99. The molecular weight excluding hydrogens is 182 g/mol. The van der Waals surface area contributed by atoms with Gasteiger partial charge in [0.1, 0.15) is 0 Å². The second-order valence-electron chi connectivity index (χ2n) is 3.33. The first-order chi connectivity index (χ1) is 6.40. The molecule has 0 aliphatic carbocycles. The topological polar surface area (TPSA) is 43.8 Å². The molecule has 2 N–H and O–H groups in total. The lowest BCUT2D eigenvalue weighted by molar-refractivity contribution is 0.577. The second kappa shape index (κ2) is 4.15. The van der Waals surface area contributed by atoms with Crippen LogP contribution in [0.5, 0.6) is 0 Å². The fourth-order valence-electron chi connectivity index (χ4n) is 1.60. The highest BCUT2D eigenvalue weighted by Gasteiger charge is 2.17. The van der Waals surface area contributed by atoms with Gasteiger partial charge in [-0.05, 0) is 37.1 Å². The molecule has 1 unspecified atom stereocenters. The van der Waals surface area contributed by atoms with E-state index >= 15 is 0 Å². The summed E-state index contributed by atoms with van der Waals surface area (Å²) in [6, 6.07) is 0. The molecule has 2 rings (SSSR count). The van der Waals surface area contributed by atoms with Gasteiger partial charge in [-0.25, -0.2) is 0 Å². The Morgan fingerprint density at radius 2 is 2.62 bits per heavy atom. The van der Waals surface area contributed by atoms with E-state index in [1.165, 1.54) is 24.2 Å². The Hall–Kier alpha value is -0.480. The Morgan fingerprint density at radius 3 is 3.31 bits per heavy atom. The van der Waals surface area contributed by atoms with Gasteiger partial charge in [0.2, 0.25) is 0 Å². The van der Waals surface area contributed by atoms with E-state index in [4.69, 9.17) is 5.73 Å². The second-order valence-corrected chi connectivity index (χ2v) is 4.62. The molecule has 1 aromatic heterocycles. The summed E-state index contributed by atoms with van der Waals surface area (Å²) in [6.45, 7) is 0.712. The van der Waals surface area contributed by atoms with E-state index in [0.29, 0.717) is 11.9 Å². The molecule has 1 fully saturated rings. The van der Waals surface area contributed by atoms with Crippen molar-refractivity contribution < 1.29 is 0 Å². The molecule has 1 aliphatic heterocycles. The molecular formula is C9H15N3S. The van der Waals surface area contributed by atoms with Gasteiger partial charge in [0.15, 0.2) is 0 Å². The van der Waals surface area contributed by atoms with Gasteiger partial charge in [-0.2, -0.15) is 5.10 Å². The molecule has 72 valence electrons. The van der Waals surface area contributed by atoms with Crippen molar-refractivity contribution in [1.82, 2.24) is 9.78 Å². The molecule has 13 heavy (non-hydrogen) atoms. The van der Waals surface area contributed by atoms with Gasteiger partial charge in [0, 0.05) is 6.20 Å². The Balaban J connectivity index is 2.03. The fraction of sp³-hybridized carbons (Fsp3) is 0.667. The molecule has 1 saturated heterocycles. The van der Waals surface area contributed by atoms with Crippen molar-refractivity contribution in [2.75, 3.05) is 12.3 Å². The zero-order chi connectivity index (χ0) is 9.10. The lowest BCUT2D eigenvalue weighted by Gasteiger charge is -2.07. The van der Waals surface area contributed by atoms with E-state index in [2.05, 4.69) is 16.0 Å². The standard InChI is InChI=1S/C9H15N3S/c10-4-3-8-6-11-12(7-8)9-2-1-5-13-9/h6-7,9H,1-5,10H2. The van der Waals surface area contributed by atoms with E-state index < -0.39 is 0 Å². The SMILES string of the molecule is NCCc1cnn(C2CCCS2)c1. The van der Waals surface area contributed by atoms with Crippen molar-refractivity contribution in [3.63, 3.8) is 0 Å². The van der Waals surface area contributed by atoms with Crippen LogP contribution in [-0.2, 0) is 6.42 Å². The van der Waals surface area contributed by atoms with E-state index in [-0.39, 0.29) is 0 Å². The van der Waals surface area contributed by atoms with Crippen molar-refractivity contribution in [3.8, 4) is 0 Å². The fourth-order valence-corrected chi connectivity index (χ4v) is 2.81. The number of nitrogens with two attached hydrogens (primary N) is 1. The minimum Gasteiger partial charge on any atom is -0.330 e. The average Bonchev–Trinajstić information content (AvgIpc) is 2.70. The van der Waals surface area contributed by atoms with Gasteiger partial charge in [0.25, 0.3) is 0 Å². The third-order valence-electron chi connectivity index (χ3n) is 2.29. The van der Waals surface area contributed by atoms with Crippen molar-refractivity contribution in [2.45, 2.75) is 24.6 Å². The minimum atomic E-state index is 0.575. The van der Waals surface area contributed by atoms with E-state index in [9.17, 15) is 0 Å². The number of hydrogen-bond donors (Lipinski definition) is 1. The van der Waals surface area contributed by atoms with Crippen LogP contribution >= 0.6 is 11.8 Å². The maximum Gasteiger partial charge on any atom is 0.0970 e. The molecule has 0 spiro atoms. The predicted molar refractivity (Wildman–Crippen MR) is 55.7 cm³/mol. The predicted octanol–water partition coefficient (Wildman–Crippen LogP) is 1.41. The van der Waals surface area contributed by atoms with Crippen LogP contribution in [0.2, 0.25) is 0 Å². The summed E-state index contributed by atoms with van der Waals surface area (Å²) in [5, 5.41) is 4.93. The van der Waals surface area contributed by atoms with Gasteiger partial charge >= 0.3 is 0 Å². The smallest absolute Gasteiger partial charge is 0.0970 e. The summed E-state index contributed by atoms with van der Waals surface area (Å²) >= 11 is 2.00. The van der Waals surface area contributed by atoms with E-state index in [1.54, 1.807) is 0 Å². The normalized spacial score (nSPS) is 22.4. The van der Waals surface area contributed by atoms with E-state index in [0.717, 1.165) is 6.42 Å². The maximum atomic E-state index is 5.48. The number of rotatable bonds is 3. The average molecular weight is 197 g/mol. The molecule has 0 saturated carbocycles. The first kappa shape index (κ1) is 9.09. The first-order valence-electron chi connectivity index (χ1n) is 4.75. The third-order valence-corrected chi connectivity index (χ3v) is 3.65. The molecule has 4 heteroatoms. The van der Waals surface area contributed by atoms with Gasteiger partial charge < -0.3 is 5.73 Å². The number of aromatic nitrogens is 2. The number of hydrogen-bond acceptors (Lipinski definition) is 3. The summed E-state index contributed by atoms with van der Waals surface area (Å²) in [6.07, 6.45) is 7.59. The Bertz CT molecular complexity index is 266. The summed E-state index contributed by atoms with van der Waals surface area (Å²) in [7, 11) is 0. The van der Waals surface area contributed by atoms with Gasteiger partial charge in [-0.3, -0.25) is 4.68 Å². The molecule has 0 amide bonds. The Morgan fingerprint density at radius 1 is 1.69 bits per heavy atom. The van der Waals surface area contributed by atoms with Crippen LogP contribution in [0.1, 0.15) is 23.8 Å². The maximum absolute atomic E-state index is 5.48. The van der Waals surface area contributed by atoms with Gasteiger partial charge in [0.05, 0.1) is 11.6 Å². The van der Waals surface area contributed by atoms with Gasteiger partial charge in [-0.1, -0.05) is 0 Å². The Labute approximate surface area is 82.7 Å². The molecule has 3 nitrogen and oxygen atoms in total. The highest BCUT2D eigenvalue weighted by Crippen LogP contribution is 2.34. The monoisotopic (exact) mass is 197 g/mol. The zero-order valence-corrected chi connectivity index (χ0v) is 8.46. The van der Waals surface area contributed by atoms with Crippen LogP contribution in [0, 0.1) is 0 Å². The minimum absolute atomic E-state index is 0.575. The summed E-state index contributed by atoms with van der Waals surface area (Å²) in [5.74, 6) is 1.27. The van der Waals surface area contributed by atoms with Crippen LogP contribution in [-0.4, -0.2) is 22.1 Å². The van der Waals surface area contributed by atoms with Crippen molar-refractivity contribution in [2.24, 2.45) is 5.73 Å². The molecule has 1 atom stereocenters. The summed E-state index contributed by atoms with van der Waals surface area (Å²) < 4.78 is 2.09. The van der Waals surface area contributed by atoms with Crippen molar-refractivity contribution in [1.29, 1.82) is 0 Å². The molecule has 0 bridgehead atoms. The quantitative estimate of drug-likeness (QED) is 0.796. The number of nitrogens with zero attached hydrogens (tertiary/aromatic N) is 2. The van der Waals surface area contributed by atoms with Crippen LogP contribution < -0.4 is 5.73 Å². The summed E-state index contributed by atoms with van der Waals surface area (Å²) in [4.78, 5) is 0. The third kappa shape index (κ3) is 2.06. The number of thioether (sulfide) groups is 1. The lowest BCUT2D eigenvalue weighted by atomic mass is 10.2. The Kier molecular flexibility index (Phi) is 2.90. The van der Waals surface area contributed by atoms with Crippen LogP contribution in [0.25, 0.3) is 0 Å². The van der Waals surface area contributed by atoms with Gasteiger partial charge in [-0.15, -0.1) is 11.8 Å². The molecule has 1 aromatic rings. The summed E-state index contributed by atoms with van der Waals surface area (Å²) in [5.41, 5.74) is 6.74. The van der Waals surface area contributed by atoms with Crippen LogP contribution in [0.15, 0.2) is 12.4 Å². The van der Waals surface area contributed by atoms with Crippen LogP contribution in [0.3, 0.4) is 0 Å². The molecule has 0 radical (unpaired) electrons. The first-order valence-corrected chi connectivity index (χ1v) is 5.80. The molecule has 2 heterocycles. The van der Waals surface area contributed by atoms with E-state index in [1.807, 2.05) is 18.0 Å². The largest absolute Gasteiger partial charge is 0.330 e. The van der Waals surface area contributed by atoms with Crippen molar-refractivity contribution >= 4 is 11.8 Å².